The molecule has 1 N–H and O–H groups in total. The molecule has 0 aromatic carbocycles. The number of ether oxygens (including phenoxy) is 1. The van der Waals surface area contributed by atoms with Gasteiger partial charge < -0.3 is 10.1 Å². The molecule has 86 valence electrons. The first-order chi connectivity index (χ1) is 7.65. The van der Waals surface area contributed by atoms with Gasteiger partial charge in [-0.3, -0.25) is 0 Å². The van der Waals surface area contributed by atoms with Crippen LogP contribution >= 0.6 is 11.8 Å². The van der Waals surface area contributed by atoms with Gasteiger partial charge in [-0.15, -0.1) is 0 Å². The summed E-state index contributed by atoms with van der Waals surface area (Å²) in [6.07, 6.45) is 5.83. The number of allylic oxidation sites excluding steroid dienone is 2. The molecule has 0 atom stereocenters. The zero-order valence-corrected chi connectivity index (χ0v) is 10.1. The van der Waals surface area contributed by atoms with Gasteiger partial charge in [-0.1, -0.05) is 37.1 Å². The third kappa shape index (κ3) is 3.62. The Morgan fingerprint density at radius 1 is 1.62 bits per heavy atom. The van der Waals surface area contributed by atoms with Crippen LogP contribution in [-0.4, -0.2) is 19.1 Å². The highest BCUT2D eigenvalue weighted by Gasteiger charge is 2.12. The van der Waals surface area contributed by atoms with Crippen molar-refractivity contribution in [3.63, 3.8) is 0 Å². The van der Waals surface area contributed by atoms with E-state index in [9.17, 15) is 4.79 Å². The minimum absolute atomic E-state index is 0.353. The fourth-order valence-corrected chi connectivity index (χ4v) is 1.79. The number of hydrogen-bond acceptors (Lipinski definition) is 4. The van der Waals surface area contributed by atoms with E-state index in [-0.39, 0.29) is 5.97 Å². The molecule has 0 unspecified atom stereocenters. The third-order valence-corrected chi connectivity index (χ3v) is 2.76. The van der Waals surface area contributed by atoms with E-state index in [1.54, 1.807) is 6.92 Å². The number of carbonyl (C=O) groups is 1. The fraction of sp³-hybridized carbons (Fsp3) is 0.250. The maximum Gasteiger partial charge on any atom is 0.344 e. The highest BCUT2D eigenvalue weighted by atomic mass is 32.2. The number of esters is 1. The minimum Gasteiger partial charge on any atom is -0.462 e. The summed E-state index contributed by atoms with van der Waals surface area (Å²) in [7, 11) is 0. The summed E-state index contributed by atoms with van der Waals surface area (Å²) in [5, 5.41) is 3.07. The molecule has 0 saturated heterocycles. The van der Waals surface area contributed by atoms with E-state index < -0.39 is 0 Å². The molecular formula is C12H15NO2S. The number of dihydropyridines is 1. The standard InChI is InChI=1S/C12H15NO2S/c1-4-15-12(14)10(3)16-9(2)11-6-5-7-13-8-11/h5-6,8,13H,2-4,7H2,1H3. The number of carbonyl (C=O) groups excluding carboxylic acids is 1. The molecule has 0 spiro atoms. The van der Waals surface area contributed by atoms with Crippen molar-refractivity contribution in [3.8, 4) is 0 Å². The fourth-order valence-electron chi connectivity index (χ4n) is 1.11. The largest absolute Gasteiger partial charge is 0.462 e. The van der Waals surface area contributed by atoms with Gasteiger partial charge in [-0.05, 0) is 6.92 Å². The Labute approximate surface area is 99.9 Å². The van der Waals surface area contributed by atoms with E-state index in [1.807, 2.05) is 18.4 Å². The van der Waals surface area contributed by atoms with Crippen LogP contribution in [0.5, 0.6) is 0 Å². The zero-order valence-electron chi connectivity index (χ0n) is 9.29. The molecule has 0 bridgehead atoms. The van der Waals surface area contributed by atoms with Crippen LogP contribution in [0.15, 0.2) is 46.9 Å². The molecule has 0 aromatic heterocycles. The smallest absolute Gasteiger partial charge is 0.344 e. The topological polar surface area (TPSA) is 38.3 Å². The molecular weight excluding hydrogens is 222 g/mol. The molecule has 1 aliphatic rings. The lowest BCUT2D eigenvalue weighted by Gasteiger charge is -2.11. The second-order valence-electron chi connectivity index (χ2n) is 3.08. The summed E-state index contributed by atoms with van der Waals surface area (Å²) in [5.41, 5.74) is 0.960. The first-order valence-electron chi connectivity index (χ1n) is 4.98. The third-order valence-electron chi connectivity index (χ3n) is 1.86. The molecule has 0 fully saturated rings. The predicted molar refractivity (Wildman–Crippen MR) is 67.7 cm³/mol. The van der Waals surface area contributed by atoms with Crippen molar-refractivity contribution in [1.82, 2.24) is 5.32 Å². The molecule has 16 heavy (non-hydrogen) atoms. The summed E-state index contributed by atoms with van der Waals surface area (Å²) < 4.78 is 4.84. The molecule has 1 aliphatic heterocycles. The number of hydrogen-bond donors (Lipinski definition) is 1. The van der Waals surface area contributed by atoms with Crippen molar-refractivity contribution in [2.45, 2.75) is 6.92 Å². The molecule has 1 heterocycles. The zero-order chi connectivity index (χ0) is 12.0. The first kappa shape index (κ1) is 12.6. The van der Waals surface area contributed by atoms with Crippen molar-refractivity contribution in [3.05, 3.63) is 46.9 Å². The van der Waals surface area contributed by atoms with E-state index in [0.29, 0.717) is 11.5 Å². The average molecular weight is 237 g/mol. The molecule has 4 heteroatoms. The Bertz CT molecular complexity index is 369. The molecule has 0 amide bonds. The van der Waals surface area contributed by atoms with Crippen molar-refractivity contribution in [2.24, 2.45) is 0 Å². The Balaban J connectivity index is 2.51. The summed E-state index contributed by atoms with van der Waals surface area (Å²) in [6, 6.07) is 0. The molecule has 0 aromatic rings. The maximum absolute atomic E-state index is 11.3. The highest BCUT2D eigenvalue weighted by Crippen LogP contribution is 2.30. The van der Waals surface area contributed by atoms with Gasteiger partial charge in [0, 0.05) is 23.2 Å². The van der Waals surface area contributed by atoms with E-state index in [1.165, 1.54) is 11.8 Å². The van der Waals surface area contributed by atoms with Gasteiger partial charge in [0.15, 0.2) is 0 Å². The Hall–Kier alpha value is -1.42. The van der Waals surface area contributed by atoms with Crippen molar-refractivity contribution < 1.29 is 9.53 Å². The van der Waals surface area contributed by atoms with Crippen LogP contribution in [0.3, 0.4) is 0 Å². The quantitative estimate of drug-likeness (QED) is 0.588. The van der Waals surface area contributed by atoms with E-state index in [4.69, 9.17) is 4.74 Å². The molecule has 1 rings (SSSR count). The minimum atomic E-state index is -0.387. The van der Waals surface area contributed by atoms with Gasteiger partial charge in [0.1, 0.15) is 0 Å². The van der Waals surface area contributed by atoms with Gasteiger partial charge in [0.05, 0.1) is 11.5 Å². The normalized spacial score (nSPS) is 13.7. The number of rotatable bonds is 5. The highest BCUT2D eigenvalue weighted by molar-refractivity contribution is 8.07. The monoisotopic (exact) mass is 237 g/mol. The van der Waals surface area contributed by atoms with E-state index >= 15 is 0 Å². The van der Waals surface area contributed by atoms with Crippen LogP contribution in [0.4, 0.5) is 0 Å². The maximum atomic E-state index is 11.3. The molecule has 0 aliphatic carbocycles. The van der Waals surface area contributed by atoms with Crippen LogP contribution in [0.1, 0.15) is 6.92 Å². The van der Waals surface area contributed by atoms with Gasteiger partial charge >= 0.3 is 5.97 Å². The molecule has 0 saturated carbocycles. The predicted octanol–water partition coefficient (Wildman–Crippen LogP) is 2.35. The van der Waals surface area contributed by atoms with E-state index in [2.05, 4.69) is 18.5 Å². The first-order valence-corrected chi connectivity index (χ1v) is 5.80. The Morgan fingerprint density at radius 3 is 2.94 bits per heavy atom. The SMILES string of the molecule is C=C(SC(=C)C1=CNCC=C1)C(=O)OCC. The second-order valence-corrected chi connectivity index (χ2v) is 4.27. The summed E-state index contributed by atoms with van der Waals surface area (Å²) in [6.45, 7) is 10.5. The van der Waals surface area contributed by atoms with Crippen molar-refractivity contribution in [1.29, 1.82) is 0 Å². The van der Waals surface area contributed by atoms with Crippen LogP contribution in [-0.2, 0) is 9.53 Å². The lowest BCUT2D eigenvalue weighted by Crippen LogP contribution is -2.10. The lowest BCUT2D eigenvalue weighted by molar-refractivity contribution is -0.137. The van der Waals surface area contributed by atoms with Crippen LogP contribution in [0, 0.1) is 0 Å². The lowest BCUT2D eigenvalue weighted by atomic mass is 10.2. The van der Waals surface area contributed by atoms with Gasteiger partial charge in [0.25, 0.3) is 0 Å². The van der Waals surface area contributed by atoms with Crippen LogP contribution in [0.25, 0.3) is 0 Å². The number of thioether (sulfide) groups is 1. The molecule has 0 radical (unpaired) electrons. The van der Waals surface area contributed by atoms with Crippen LogP contribution < -0.4 is 5.32 Å². The average Bonchev–Trinajstić information content (AvgIpc) is 2.30. The van der Waals surface area contributed by atoms with Crippen LogP contribution in [0.2, 0.25) is 0 Å². The van der Waals surface area contributed by atoms with Gasteiger partial charge in [0.2, 0.25) is 0 Å². The van der Waals surface area contributed by atoms with Gasteiger partial charge in [-0.2, -0.15) is 0 Å². The Morgan fingerprint density at radius 2 is 2.38 bits per heavy atom. The Kier molecular flexibility index (Phi) is 4.92. The summed E-state index contributed by atoms with van der Waals surface area (Å²) >= 11 is 1.23. The van der Waals surface area contributed by atoms with Crippen molar-refractivity contribution >= 4 is 17.7 Å². The van der Waals surface area contributed by atoms with Crippen molar-refractivity contribution in [2.75, 3.05) is 13.2 Å². The van der Waals surface area contributed by atoms with E-state index in [0.717, 1.165) is 17.0 Å². The van der Waals surface area contributed by atoms with Gasteiger partial charge in [-0.25, -0.2) is 4.79 Å². The summed E-state index contributed by atoms with van der Waals surface area (Å²) in [5.74, 6) is -0.387. The summed E-state index contributed by atoms with van der Waals surface area (Å²) in [4.78, 5) is 12.5. The second kappa shape index (κ2) is 6.23. The number of nitrogens with one attached hydrogen (secondary N) is 1. The molecule has 3 nitrogen and oxygen atoms in total.